The first kappa shape index (κ1) is 11.3. The molecule has 2 rings (SSSR count). The molecule has 0 aliphatic carbocycles. The van der Waals surface area contributed by atoms with Crippen molar-refractivity contribution in [2.75, 3.05) is 5.32 Å². The first-order chi connectivity index (χ1) is 8.29. The average molecular weight is 226 g/mol. The number of amides is 1. The largest absolute Gasteiger partial charge is 0.321 e. The van der Waals surface area contributed by atoms with Crippen LogP contribution >= 0.6 is 0 Å². The molecule has 1 aromatic carbocycles. The van der Waals surface area contributed by atoms with Gasteiger partial charge < -0.3 is 5.32 Å². The van der Waals surface area contributed by atoms with Crippen molar-refractivity contribution < 1.29 is 4.79 Å². The van der Waals surface area contributed by atoms with Crippen molar-refractivity contribution in [1.82, 2.24) is 4.98 Å². The van der Waals surface area contributed by atoms with Crippen molar-refractivity contribution in [2.45, 2.75) is 13.3 Å². The molecule has 0 fully saturated rings. The van der Waals surface area contributed by atoms with Crippen LogP contribution in [0, 0.1) is 0 Å². The molecule has 1 heterocycles. The van der Waals surface area contributed by atoms with Crippen molar-refractivity contribution >= 4 is 11.6 Å². The second-order valence-corrected chi connectivity index (χ2v) is 3.72. The molecule has 0 saturated heterocycles. The fourth-order valence-electron chi connectivity index (χ4n) is 1.56. The molecule has 0 saturated carbocycles. The highest BCUT2D eigenvalue weighted by Gasteiger charge is 2.06. The molecule has 1 amide bonds. The second kappa shape index (κ2) is 5.25. The van der Waals surface area contributed by atoms with Crippen LogP contribution < -0.4 is 5.32 Å². The minimum absolute atomic E-state index is 0.182. The highest BCUT2D eigenvalue weighted by Crippen LogP contribution is 2.12. The van der Waals surface area contributed by atoms with Gasteiger partial charge in [0, 0.05) is 11.9 Å². The number of anilines is 1. The summed E-state index contributed by atoms with van der Waals surface area (Å²) in [4.78, 5) is 15.8. The number of carbonyl (C=O) groups is 1. The number of nitrogens with zero attached hydrogens (tertiary/aromatic N) is 1. The van der Waals surface area contributed by atoms with Crippen LogP contribution in [0.3, 0.4) is 0 Å². The van der Waals surface area contributed by atoms with Crippen LogP contribution in [0.2, 0.25) is 0 Å². The first-order valence-corrected chi connectivity index (χ1v) is 5.61. The van der Waals surface area contributed by atoms with Crippen molar-refractivity contribution in [1.29, 1.82) is 0 Å². The Bertz CT molecular complexity index is 509. The summed E-state index contributed by atoms with van der Waals surface area (Å²) in [5.74, 6) is -0.182. The Morgan fingerprint density at radius 2 is 2.12 bits per heavy atom. The van der Waals surface area contributed by atoms with E-state index in [1.54, 1.807) is 24.4 Å². The van der Waals surface area contributed by atoms with E-state index in [4.69, 9.17) is 0 Å². The molecule has 0 aliphatic heterocycles. The Hall–Kier alpha value is -2.16. The highest BCUT2D eigenvalue weighted by molar-refractivity contribution is 6.02. The number of benzene rings is 1. The van der Waals surface area contributed by atoms with Crippen molar-refractivity contribution in [3.8, 4) is 0 Å². The Morgan fingerprint density at radius 3 is 2.82 bits per heavy atom. The number of aromatic nitrogens is 1. The van der Waals surface area contributed by atoms with Gasteiger partial charge in [-0.2, -0.15) is 0 Å². The van der Waals surface area contributed by atoms with Crippen molar-refractivity contribution in [2.24, 2.45) is 0 Å². The zero-order valence-electron chi connectivity index (χ0n) is 9.68. The Balaban J connectivity index is 2.13. The zero-order chi connectivity index (χ0) is 12.1. The smallest absolute Gasteiger partial charge is 0.274 e. The van der Waals surface area contributed by atoms with Gasteiger partial charge in [-0.05, 0) is 36.2 Å². The summed E-state index contributed by atoms with van der Waals surface area (Å²) in [7, 11) is 0. The lowest BCUT2D eigenvalue weighted by molar-refractivity contribution is 0.102. The minimum Gasteiger partial charge on any atom is -0.321 e. The van der Waals surface area contributed by atoms with Crippen LogP contribution in [0.5, 0.6) is 0 Å². The lowest BCUT2D eigenvalue weighted by atomic mass is 10.1. The van der Waals surface area contributed by atoms with Crippen molar-refractivity contribution in [3.05, 3.63) is 59.9 Å². The number of carbonyl (C=O) groups excluding carboxylic acids is 1. The highest BCUT2D eigenvalue weighted by atomic mass is 16.1. The maximum Gasteiger partial charge on any atom is 0.274 e. The van der Waals surface area contributed by atoms with Crippen LogP contribution in [-0.2, 0) is 6.42 Å². The monoisotopic (exact) mass is 226 g/mol. The third kappa shape index (κ3) is 2.91. The lowest BCUT2D eigenvalue weighted by Crippen LogP contribution is -2.13. The number of hydrogen-bond donors (Lipinski definition) is 1. The van der Waals surface area contributed by atoms with Gasteiger partial charge in [0.1, 0.15) is 5.69 Å². The van der Waals surface area contributed by atoms with Gasteiger partial charge >= 0.3 is 0 Å². The standard InChI is InChI=1S/C14H14N2O/c1-2-11-6-5-7-12(10-11)16-14(17)13-8-3-4-9-15-13/h3-10H,2H2,1H3,(H,16,17). The Morgan fingerprint density at radius 1 is 1.24 bits per heavy atom. The normalized spacial score (nSPS) is 9.94. The van der Waals surface area contributed by atoms with E-state index < -0.39 is 0 Å². The van der Waals surface area contributed by atoms with Gasteiger partial charge in [-0.3, -0.25) is 9.78 Å². The van der Waals surface area contributed by atoms with Crippen LogP contribution in [0.1, 0.15) is 23.0 Å². The maximum absolute atomic E-state index is 11.8. The van der Waals surface area contributed by atoms with Gasteiger partial charge in [0.15, 0.2) is 0 Å². The average Bonchev–Trinajstić information content (AvgIpc) is 2.40. The number of pyridine rings is 1. The molecule has 0 aliphatic rings. The van der Waals surface area contributed by atoms with Gasteiger partial charge in [-0.1, -0.05) is 25.1 Å². The van der Waals surface area contributed by atoms with E-state index in [1.165, 1.54) is 5.56 Å². The third-order valence-corrected chi connectivity index (χ3v) is 2.49. The van der Waals surface area contributed by atoms with E-state index in [9.17, 15) is 4.79 Å². The fraction of sp³-hybridized carbons (Fsp3) is 0.143. The molecule has 0 atom stereocenters. The van der Waals surface area contributed by atoms with Crippen LogP contribution in [0.4, 0.5) is 5.69 Å². The third-order valence-electron chi connectivity index (χ3n) is 2.49. The van der Waals surface area contributed by atoms with E-state index >= 15 is 0 Å². The Labute approximate surface area is 101 Å². The first-order valence-electron chi connectivity index (χ1n) is 5.61. The van der Waals surface area contributed by atoms with E-state index in [-0.39, 0.29) is 5.91 Å². The predicted molar refractivity (Wildman–Crippen MR) is 68.0 cm³/mol. The molecule has 3 nitrogen and oxygen atoms in total. The maximum atomic E-state index is 11.8. The molecular formula is C14H14N2O. The van der Waals surface area contributed by atoms with Crippen LogP contribution in [0.25, 0.3) is 0 Å². The molecule has 17 heavy (non-hydrogen) atoms. The van der Waals surface area contributed by atoms with Gasteiger partial charge in [-0.15, -0.1) is 0 Å². The summed E-state index contributed by atoms with van der Waals surface area (Å²) in [6, 6.07) is 13.1. The summed E-state index contributed by atoms with van der Waals surface area (Å²) in [5, 5.41) is 2.83. The molecule has 0 spiro atoms. The Kier molecular flexibility index (Phi) is 3.50. The number of nitrogens with one attached hydrogen (secondary N) is 1. The molecule has 1 N–H and O–H groups in total. The van der Waals surface area contributed by atoms with E-state index in [1.807, 2.05) is 24.3 Å². The minimum atomic E-state index is -0.182. The summed E-state index contributed by atoms with van der Waals surface area (Å²) in [6.07, 6.45) is 2.56. The van der Waals surface area contributed by atoms with Gasteiger partial charge in [0.05, 0.1) is 0 Å². The molecule has 0 unspecified atom stereocenters. The van der Waals surface area contributed by atoms with E-state index in [0.717, 1.165) is 12.1 Å². The van der Waals surface area contributed by atoms with Gasteiger partial charge in [0.2, 0.25) is 0 Å². The lowest BCUT2D eigenvalue weighted by Gasteiger charge is -2.05. The van der Waals surface area contributed by atoms with Gasteiger partial charge in [-0.25, -0.2) is 0 Å². The molecule has 3 heteroatoms. The molecule has 0 bridgehead atoms. The molecule has 1 aromatic heterocycles. The van der Waals surface area contributed by atoms with Crippen LogP contribution in [0.15, 0.2) is 48.7 Å². The topological polar surface area (TPSA) is 42.0 Å². The molecule has 86 valence electrons. The summed E-state index contributed by atoms with van der Waals surface area (Å²) in [6.45, 7) is 2.08. The quantitative estimate of drug-likeness (QED) is 0.874. The fourth-order valence-corrected chi connectivity index (χ4v) is 1.56. The van der Waals surface area contributed by atoms with Gasteiger partial charge in [0.25, 0.3) is 5.91 Å². The SMILES string of the molecule is CCc1cccc(NC(=O)c2ccccn2)c1. The van der Waals surface area contributed by atoms with E-state index in [2.05, 4.69) is 17.2 Å². The second-order valence-electron chi connectivity index (χ2n) is 3.72. The summed E-state index contributed by atoms with van der Waals surface area (Å²) in [5.41, 5.74) is 2.43. The molecular weight excluding hydrogens is 212 g/mol. The predicted octanol–water partition coefficient (Wildman–Crippen LogP) is 2.90. The zero-order valence-corrected chi connectivity index (χ0v) is 9.68. The summed E-state index contributed by atoms with van der Waals surface area (Å²) < 4.78 is 0. The number of hydrogen-bond acceptors (Lipinski definition) is 2. The molecule has 2 aromatic rings. The van der Waals surface area contributed by atoms with Crippen LogP contribution in [-0.4, -0.2) is 10.9 Å². The summed E-state index contributed by atoms with van der Waals surface area (Å²) >= 11 is 0. The molecule has 0 radical (unpaired) electrons. The number of rotatable bonds is 3. The van der Waals surface area contributed by atoms with Crippen molar-refractivity contribution in [3.63, 3.8) is 0 Å². The van der Waals surface area contributed by atoms with E-state index in [0.29, 0.717) is 5.69 Å². The number of aryl methyl sites for hydroxylation is 1.